The summed E-state index contributed by atoms with van der Waals surface area (Å²) in [6.45, 7) is 3.76. The van der Waals surface area contributed by atoms with Crippen LogP contribution in [0.25, 0.3) is 0 Å². The normalized spacial score (nSPS) is 17.8. The Morgan fingerprint density at radius 3 is 3.00 bits per heavy atom. The van der Waals surface area contributed by atoms with Gasteiger partial charge in [0, 0.05) is 12.6 Å². The summed E-state index contributed by atoms with van der Waals surface area (Å²) in [5.74, 6) is 1.81. The first kappa shape index (κ1) is 14.7. The van der Waals surface area contributed by atoms with E-state index in [4.69, 9.17) is 9.47 Å². The number of hydrogen-bond donors (Lipinski definition) is 2. The molecule has 3 rings (SSSR count). The molecule has 116 valence electrons. The van der Waals surface area contributed by atoms with E-state index >= 15 is 0 Å². The molecule has 4 nitrogen and oxygen atoms in total. The van der Waals surface area contributed by atoms with E-state index < -0.39 is 0 Å². The minimum Gasteiger partial charge on any atom is -0.497 e. The molecule has 0 aliphatic carbocycles. The molecule has 1 aliphatic heterocycles. The quantitative estimate of drug-likeness (QED) is 0.889. The molecular weight excluding hydrogens is 276 g/mol. The van der Waals surface area contributed by atoms with Crippen molar-refractivity contribution in [2.24, 2.45) is 0 Å². The van der Waals surface area contributed by atoms with Gasteiger partial charge in [-0.2, -0.15) is 0 Å². The number of nitrogens with one attached hydrogen (secondary N) is 2. The molecule has 0 saturated heterocycles. The van der Waals surface area contributed by atoms with Gasteiger partial charge in [-0.15, -0.1) is 0 Å². The first-order valence-corrected chi connectivity index (χ1v) is 7.63. The third-order valence-corrected chi connectivity index (χ3v) is 3.95. The van der Waals surface area contributed by atoms with Gasteiger partial charge in [-0.05, 0) is 36.8 Å². The highest BCUT2D eigenvalue weighted by Gasteiger charge is 2.19. The molecule has 2 aromatic carbocycles. The van der Waals surface area contributed by atoms with Gasteiger partial charge in [0.15, 0.2) is 0 Å². The minimum atomic E-state index is 0.128. The SMILES string of the molecule is COc1cccc(C(C)NCC2CNc3ccccc3O2)c1. The molecule has 1 heterocycles. The summed E-state index contributed by atoms with van der Waals surface area (Å²) in [4.78, 5) is 0. The van der Waals surface area contributed by atoms with Crippen LogP contribution in [-0.4, -0.2) is 26.3 Å². The zero-order valence-electron chi connectivity index (χ0n) is 13.0. The van der Waals surface area contributed by atoms with Gasteiger partial charge in [-0.3, -0.25) is 0 Å². The van der Waals surface area contributed by atoms with Gasteiger partial charge >= 0.3 is 0 Å². The van der Waals surface area contributed by atoms with Crippen molar-refractivity contribution in [2.75, 3.05) is 25.5 Å². The Bertz CT molecular complexity index is 630. The van der Waals surface area contributed by atoms with Crippen molar-refractivity contribution in [2.45, 2.75) is 19.1 Å². The Morgan fingerprint density at radius 1 is 1.27 bits per heavy atom. The maximum atomic E-state index is 6.01. The van der Waals surface area contributed by atoms with Crippen LogP contribution in [0.3, 0.4) is 0 Å². The van der Waals surface area contributed by atoms with Gasteiger partial charge < -0.3 is 20.1 Å². The van der Waals surface area contributed by atoms with Gasteiger partial charge in [0.25, 0.3) is 0 Å². The fourth-order valence-electron chi connectivity index (χ4n) is 2.61. The van der Waals surface area contributed by atoms with E-state index in [2.05, 4.69) is 29.7 Å². The number of rotatable bonds is 5. The molecule has 0 spiro atoms. The Balaban J connectivity index is 1.56. The zero-order chi connectivity index (χ0) is 15.4. The Hall–Kier alpha value is -2.20. The second-order valence-corrected chi connectivity index (χ2v) is 5.52. The largest absolute Gasteiger partial charge is 0.497 e. The number of para-hydroxylation sites is 2. The molecule has 0 aromatic heterocycles. The summed E-state index contributed by atoms with van der Waals surface area (Å²) in [6, 6.07) is 16.4. The van der Waals surface area contributed by atoms with E-state index in [9.17, 15) is 0 Å². The van der Waals surface area contributed by atoms with E-state index in [1.54, 1.807) is 7.11 Å². The summed E-state index contributed by atoms with van der Waals surface area (Å²) in [6.07, 6.45) is 0.128. The van der Waals surface area contributed by atoms with Crippen molar-refractivity contribution in [3.8, 4) is 11.5 Å². The molecule has 22 heavy (non-hydrogen) atoms. The number of fused-ring (bicyclic) bond motifs is 1. The van der Waals surface area contributed by atoms with Crippen molar-refractivity contribution in [1.29, 1.82) is 0 Å². The number of methoxy groups -OCH3 is 1. The zero-order valence-corrected chi connectivity index (χ0v) is 13.0. The maximum Gasteiger partial charge on any atom is 0.142 e. The van der Waals surface area contributed by atoms with Crippen LogP contribution in [0, 0.1) is 0 Å². The van der Waals surface area contributed by atoms with Crippen LogP contribution in [0.4, 0.5) is 5.69 Å². The van der Waals surface area contributed by atoms with Crippen molar-refractivity contribution in [3.05, 3.63) is 54.1 Å². The highest BCUT2D eigenvalue weighted by atomic mass is 16.5. The van der Waals surface area contributed by atoms with E-state index in [-0.39, 0.29) is 12.1 Å². The fourth-order valence-corrected chi connectivity index (χ4v) is 2.61. The summed E-state index contributed by atoms with van der Waals surface area (Å²) < 4.78 is 11.3. The Kier molecular flexibility index (Phi) is 4.49. The highest BCUT2D eigenvalue weighted by Crippen LogP contribution is 2.28. The lowest BCUT2D eigenvalue weighted by Crippen LogP contribution is -2.40. The molecule has 1 aliphatic rings. The average molecular weight is 298 g/mol. The van der Waals surface area contributed by atoms with Gasteiger partial charge in [0.2, 0.25) is 0 Å². The Labute approximate surface area is 131 Å². The molecule has 2 atom stereocenters. The van der Waals surface area contributed by atoms with E-state index in [0.29, 0.717) is 0 Å². The molecule has 2 aromatic rings. The first-order chi connectivity index (χ1) is 10.8. The molecule has 0 radical (unpaired) electrons. The molecule has 0 amide bonds. The number of benzene rings is 2. The van der Waals surface area contributed by atoms with E-state index in [0.717, 1.165) is 30.3 Å². The van der Waals surface area contributed by atoms with Gasteiger partial charge in [0.05, 0.1) is 19.3 Å². The predicted octanol–water partition coefficient (Wildman–Crippen LogP) is 3.22. The van der Waals surface area contributed by atoms with Crippen molar-refractivity contribution < 1.29 is 9.47 Å². The van der Waals surface area contributed by atoms with Crippen LogP contribution in [0.2, 0.25) is 0 Å². The molecule has 4 heteroatoms. The topological polar surface area (TPSA) is 42.5 Å². The van der Waals surface area contributed by atoms with Crippen LogP contribution in [-0.2, 0) is 0 Å². The second-order valence-electron chi connectivity index (χ2n) is 5.52. The first-order valence-electron chi connectivity index (χ1n) is 7.63. The van der Waals surface area contributed by atoms with Crippen LogP contribution in [0.15, 0.2) is 48.5 Å². The predicted molar refractivity (Wildman–Crippen MR) is 88.8 cm³/mol. The maximum absolute atomic E-state index is 6.01. The van der Waals surface area contributed by atoms with Crippen molar-refractivity contribution in [3.63, 3.8) is 0 Å². The molecule has 0 saturated carbocycles. The molecule has 2 N–H and O–H groups in total. The number of anilines is 1. The third kappa shape index (κ3) is 3.34. The molecule has 2 unspecified atom stereocenters. The lowest BCUT2D eigenvalue weighted by Gasteiger charge is -2.28. The molecule has 0 bridgehead atoms. The molecular formula is C18H22N2O2. The van der Waals surface area contributed by atoms with E-state index in [1.165, 1.54) is 5.56 Å². The van der Waals surface area contributed by atoms with Gasteiger partial charge in [-0.1, -0.05) is 24.3 Å². The summed E-state index contributed by atoms with van der Waals surface area (Å²) in [7, 11) is 1.69. The van der Waals surface area contributed by atoms with Crippen molar-refractivity contribution in [1.82, 2.24) is 5.32 Å². The van der Waals surface area contributed by atoms with Crippen LogP contribution >= 0.6 is 0 Å². The van der Waals surface area contributed by atoms with E-state index in [1.807, 2.05) is 36.4 Å². The third-order valence-electron chi connectivity index (χ3n) is 3.95. The van der Waals surface area contributed by atoms with Crippen LogP contribution in [0.1, 0.15) is 18.5 Å². The van der Waals surface area contributed by atoms with Crippen LogP contribution < -0.4 is 20.1 Å². The van der Waals surface area contributed by atoms with Gasteiger partial charge in [-0.25, -0.2) is 0 Å². The lowest BCUT2D eigenvalue weighted by atomic mass is 10.1. The molecule has 0 fully saturated rings. The summed E-state index contributed by atoms with van der Waals surface area (Å²) >= 11 is 0. The second kappa shape index (κ2) is 6.71. The number of ether oxygens (including phenoxy) is 2. The lowest BCUT2D eigenvalue weighted by molar-refractivity contribution is 0.198. The summed E-state index contributed by atoms with van der Waals surface area (Å²) in [5, 5.41) is 6.94. The standard InChI is InChI=1S/C18H22N2O2/c1-13(14-6-5-7-15(10-14)21-2)19-11-16-12-20-17-8-3-4-9-18(17)22-16/h3-10,13,16,19-20H,11-12H2,1-2H3. The average Bonchev–Trinajstić information content (AvgIpc) is 2.59. The summed E-state index contributed by atoms with van der Waals surface area (Å²) in [5.41, 5.74) is 2.28. The Morgan fingerprint density at radius 2 is 2.14 bits per heavy atom. The highest BCUT2D eigenvalue weighted by molar-refractivity contribution is 5.57. The smallest absolute Gasteiger partial charge is 0.142 e. The fraction of sp³-hybridized carbons (Fsp3) is 0.333. The number of hydrogen-bond acceptors (Lipinski definition) is 4. The van der Waals surface area contributed by atoms with Crippen molar-refractivity contribution >= 4 is 5.69 Å². The monoisotopic (exact) mass is 298 g/mol. The minimum absolute atomic E-state index is 0.128. The van der Waals surface area contributed by atoms with Crippen LogP contribution in [0.5, 0.6) is 11.5 Å². The van der Waals surface area contributed by atoms with Gasteiger partial charge in [0.1, 0.15) is 17.6 Å².